The van der Waals surface area contributed by atoms with Crippen LogP contribution in [-0.2, 0) is 17.6 Å². The van der Waals surface area contributed by atoms with Crippen molar-refractivity contribution in [2.45, 2.75) is 49.8 Å². The predicted molar refractivity (Wildman–Crippen MR) is 107 cm³/mol. The third-order valence-electron chi connectivity index (χ3n) is 4.74. The number of anilines is 1. The maximum atomic E-state index is 12.8. The molecule has 2 aromatic rings. The highest BCUT2D eigenvalue weighted by atomic mass is 32.2. The van der Waals surface area contributed by atoms with Gasteiger partial charge in [-0.25, -0.2) is 4.98 Å². The fraction of sp³-hybridized carbons (Fsp3) is 0.350. The van der Waals surface area contributed by atoms with Gasteiger partial charge in [0.25, 0.3) is 5.69 Å². The molecule has 0 saturated carbocycles. The van der Waals surface area contributed by atoms with Crippen LogP contribution in [0.1, 0.15) is 42.1 Å². The summed E-state index contributed by atoms with van der Waals surface area (Å²) in [6.45, 7) is 3.67. The largest absolute Gasteiger partial charge is 0.325 e. The summed E-state index contributed by atoms with van der Waals surface area (Å²) in [6, 6.07) is 8.44. The summed E-state index contributed by atoms with van der Waals surface area (Å²) in [4.78, 5) is 27.9. The van der Waals surface area contributed by atoms with Crippen molar-refractivity contribution in [3.05, 3.63) is 56.8 Å². The topological polar surface area (TPSA) is 109 Å². The van der Waals surface area contributed by atoms with Gasteiger partial charge >= 0.3 is 0 Å². The summed E-state index contributed by atoms with van der Waals surface area (Å²) in [5.41, 5.74) is 3.70. The Balaban J connectivity index is 1.81. The molecule has 1 unspecified atom stereocenters. The molecule has 28 heavy (non-hydrogen) atoms. The van der Waals surface area contributed by atoms with Gasteiger partial charge in [-0.3, -0.25) is 14.9 Å². The third kappa shape index (κ3) is 4.15. The molecule has 8 heteroatoms. The van der Waals surface area contributed by atoms with E-state index in [0.29, 0.717) is 22.7 Å². The van der Waals surface area contributed by atoms with Crippen molar-refractivity contribution in [2.24, 2.45) is 0 Å². The van der Waals surface area contributed by atoms with Gasteiger partial charge in [0, 0.05) is 17.8 Å². The number of fused-ring (bicyclic) bond motifs is 1. The number of nitrogens with zero attached hydrogens (tertiary/aromatic N) is 3. The number of hydrogen-bond donors (Lipinski definition) is 1. The summed E-state index contributed by atoms with van der Waals surface area (Å²) in [6.07, 6.45) is 3.40. The number of carbonyl (C=O) groups is 1. The molecule has 144 valence electrons. The van der Waals surface area contributed by atoms with Crippen molar-refractivity contribution in [3.63, 3.8) is 0 Å². The number of pyridine rings is 1. The molecule has 3 rings (SSSR count). The zero-order valence-corrected chi connectivity index (χ0v) is 16.5. The van der Waals surface area contributed by atoms with Crippen LogP contribution in [-0.4, -0.2) is 21.1 Å². The minimum atomic E-state index is -0.491. The smallest absolute Gasteiger partial charge is 0.271 e. The first-order valence-corrected chi connectivity index (χ1v) is 9.96. The Morgan fingerprint density at radius 1 is 1.43 bits per heavy atom. The van der Waals surface area contributed by atoms with Gasteiger partial charge in [0.1, 0.15) is 11.1 Å². The number of rotatable bonds is 6. The molecule has 0 radical (unpaired) electrons. The summed E-state index contributed by atoms with van der Waals surface area (Å²) in [7, 11) is 0. The molecule has 0 saturated heterocycles. The average molecular weight is 396 g/mol. The Hall–Kier alpha value is -2.92. The van der Waals surface area contributed by atoms with Gasteiger partial charge < -0.3 is 5.32 Å². The number of aromatic nitrogens is 1. The number of thioether (sulfide) groups is 1. The van der Waals surface area contributed by atoms with Crippen molar-refractivity contribution in [3.8, 4) is 6.07 Å². The van der Waals surface area contributed by atoms with E-state index in [1.165, 1.54) is 23.9 Å². The van der Waals surface area contributed by atoms with E-state index in [2.05, 4.69) is 16.4 Å². The lowest BCUT2D eigenvalue weighted by Crippen LogP contribution is -2.25. The second-order valence-corrected chi connectivity index (χ2v) is 7.86. The van der Waals surface area contributed by atoms with E-state index in [9.17, 15) is 20.2 Å². The summed E-state index contributed by atoms with van der Waals surface area (Å²) >= 11 is 1.27. The van der Waals surface area contributed by atoms with Crippen LogP contribution in [0.5, 0.6) is 0 Å². The van der Waals surface area contributed by atoms with Crippen LogP contribution >= 0.6 is 11.8 Å². The van der Waals surface area contributed by atoms with Crippen molar-refractivity contribution in [2.75, 3.05) is 5.32 Å². The molecule has 1 heterocycles. The lowest BCUT2D eigenvalue weighted by atomic mass is 10.1. The fourth-order valence-electron chi connectivity index (χ4n) is 3.15. The number of amides is 1. The van der Waals surface area contributed by atoms with Gasteiger partial charge in [-0.2, -0.15) is 5.26 Å². The molecule has 7 nitrogen and oxygen atoms in total. The first-order valence-electron chi connectivity index (χ1n) is 9.08. The van der Waals surface area contributed by atoms with Crippen LogP contribution < -0.4 is 5.32 Å². The molecular formula is C20H20N4O3S. The van der Waals surface area contributed by atoms with Crippen LogP contribution in [0.2, 0.25) is 0 Å². The first kappa shape index (κ1) is 19.8. The second-order valence-electron chi connectivity index (χ2n) is 6.67. The number of nitrogens with one attached hydrogen (secondary N) is 1. The summed E-state index contributed by atoms with van der Waals surface area (Å²) in [5.74, 6) is -0.262. The molecule has 0 bridgehead atoms. The van der Waals surface area contributed by atoms with Crippen molar-refractivity contribution in [1.82, 2.24) is 4.98 Å². The number of carbonyl (C=O) groups excluding carboxylic acids is 1. The molecular weight excluding hydrogens is 376 g/mol. The van der Waals surface area contributed by atoms with Gasteiger partial charge in [0.2, 0.25) is 5.91 Å². The molecule has 1 aliphatic carbocycles. The zero-order chi connectivity index (χ0) is 20.3. The number of benzene rings is 1. The highest BCUT2D eigenvalue weighted by Gasteiger charge is 2.24. The Morgan fingerprint density at radius 2 is 2.21 bits per heavy atom. The normalized spacial score (nSPS) is 13.5. The Kier molecular flexibility index (Phi) is 5.95. The number of nitriles is 1. The summed E-state index contributed by atoms with van der Waals surface area (Å²) < 4.78 is 0. The highest BCUT2D eigenvalue weighted by Crippen LogP contribution is 2.32. The highest BCUT2D eigenvalue weighted by molar-refractivity contribution is 8.00. The second kappa shape index (κ2) is 8.40. The van der Waals surface area contributed by atoms with Gasteiger partial charge in [0.15, 0.2) is 0 Å². The fourth-order valence-corrected chi connectivity index (χ4v) is 4.15. The van der Waals surface area contributed by atoms with Crippen molar-refractivity contribution < 1.29 is 9.72 Å². The minimum Gasteiger partial charge on any atom is -0.325 e. The van der Waals surface area contributed by atoms with Crippen LogP contribution in [0.25, 0.3) is 0 Å². The van der Waals surface area contributed by atoms with E-state index in [0.717, 1.165) is 36.1 Å². The molecule has 0 spiro atoms. The van der Waals surface area contributed by atoms with Crippen LogP contribution in [0.3, 0.4) is 0 Å². The Morgan fingerprint density at radius 3 is 2.89 bits per heavy atom. The standard InChI is InChI=1S/C20H20N4O3S/c1-3-18(19(25)22-17-10-15(24(26)27)8-7-12(17)2)28-20-14(11-21)9-13-5-4-6-16(13)23-20/h7-10,18H,3-6H2,1-2H3,(H,22,25). The summed E-state index contributed by atoms with van der Waals surface area (Å²) in [5, 5.41) is 23.4. The maximum absolute atomic E-state index is 12.8. The quantitative estimate of drug-likeness (QED) is 0.446. The molecule has 1 aromatic carbocycles. The maximum Gasteiger partial charge on any atom is 0.271 e. The molecule has 1 aromatic heterocycles. The van der Waals surface area contributed by atoms with E-state index >= 15 is 0 Å². The number of nitro benzene ring substituents is 1. The molecule has 0 fully saturated rings. The molecule has 0 aliphatic heterocycles. The van der Waals surface area contributed by atoms with E-state index in [1.807, 2.05) is 13.0 Å². The SMILES string of the molecule is CCC(Sc1nc2c(cc1C#N)CCC2)C(=O)Nc1cc([N+](=O)[O-])ccc1C. The van der Waals surface area contributed by atoms with E-state index in [1.54, 1.807) is 13.0 Å². The van der Waals surface area contributed by atoms with E-state index in [-0.39, 0.29) is 11.6 Å². The van der Waals surface area contributed by atoms with Gasteiger partial charge in [-0.05, 0) is 49.8 Å². The number of nitro groups is 1. The number of aryl methyl sites for hydroxylation is 3. The predicted octanol–water partition coefficient (Wildman–Crippen LogP) is 4.17. The van der Waals surface area contributed by atoms with Crippen molar-refractivity contribution >= 4 is 29.0 Å². The van der Waals surface area contributed by atoms with E-state index in [4.69, 9.17) is 0 Å². The average Bonchev–Trinajstić information content (AvgIpc) is 3.13. The van der Waals surface area contributed by atoms with Crippen molar-refractivity contribution in [1.29, 1.82) is 5.26 Å². The Bertz CT molecular complexity index is 984. The van der Waals surface area contributed by atoms with Gasteiger partial charge in [-0.15, -0.1) is 0 Å². The van der Waals surface area contributed by atoms with Crippen LogP contribution in [0, 0.1) is 28.4 Å². The lowest BCUT2D eigenvalue weighted by molar-refractivity contribution is -0.384. The molecule has 1 N–H and O–H groups in total. The van der Waals surface area contributed by atoms with E-state index < -0.39 is 10.2 Å². The monoisotopic (exact) mass is 396 g/mol. The number of non-ortho nitro benzene ring substituents is 1. The van der Waals surface area contributed by atoms with Crippen LogP contribution in [0.4, 0.5) is 11.4 Å². The molecule has 1 atom stereocenters. The molecule has 1 amide bonds. The molecule has 1 aliphatic rings. The Labute approximate surface area is 167 Å². The van der Waals surface area contributed by atoms with Crippen LogP contribution in [0.15, 0.2) is 29.3 Å². The first-order chi connectivity index (χ1) is 13.4. The minimum absolute atomic E-state index is 0.0753. The third-order valence-corrected chi connectivity index (χ3v) is 6.11. The van der Waals surface area contributed by atoms with Gasteiger partial charge in [0.05, 0.1) is 21.4 Å². The number of hydrogen-bond acceptors (Lipinski definition) is 6. The lowest BCUT2D eigenvalue weighted by Gasteiger charge is -2.16. The zero-order valence-electron chi connectivity index (χ0n) is 15.7. The van der Waals surface area contributed by atoms with Gasteiger partial charge in [-0.1, -0.05) is 24.8 Å².